The molecular formula is C12H15N3O2. The van der Waals surface area contributed by atoms with E-state index in [1.165, 1.54) is 4.90 Å². The largest absolute Gasteiger partial charge is 0.399 e. The lowest BCUT2D eigenvalue weighted by Gasteiger charge is -2.16. The Bertz CT molecular complexity index is 459. The van der Waals surface area contributed by atoms with E-state index in [2.05, 4.69) is 0 Å². The molecule has 1 fully saturated rings. The van der Waals surface area contributed by atoms with Crippen LogP contribution in [0.1, 0.15) is 13.3 Å². The molecule has 1 aliphatic heterocycles. The third-order valence-corrected chi connectivity index (χ3v) is 2.66. The van der Waals surface area contributed by atoms with E-state index >= 15 is 0 Å². The summed E-state index contributed by atoms with van der Waals surface area (Å²) in [5.74, 6) is -0.200. The van der Waals surface area contributed by atoms with Gasteiger partial charge in [-0.3, -0.25) is 4.79 Å². The third-order valence-electron chi connectivity index (χ3n) is 2.66. The van der Waals surface area contributed by atoms with Crippen LogP contribution >= 0.6 is 0 Å². The Morgan fingerprint density at radius 1 is 1.35 bits per heavy atom. The molecule has 0 spiro atoms. The quantitative estimate of drug-likeness (QED) is 0.634. The maximum absolute atomic E-state index is 12.0. The molecule has 17 heavy (non-hydrogen) atoms. The van der Waals surface area contributed by atoms with E-state index in [4.69, 9.17) is 5.73 Å². The van der Waals surface area contributed by atoms with E-state index in [9.17, 15) is 9.59 Å². The van der Waals surface area contributed by atoms with Crippen LogP contribution in [0.25, 0.3) is 0 Å². The summed E-state index contributed by atoms with van der Waals surface area (Å²) in [4.78, 5) is 26.5. The normalized spacial score (nSPS) is 15.8. The first-order valence-electron chi connectivity index (χ1n) is 5.61. The zero-order chi connectivity index (χ0) is 12.4. The molecule has 1 aromatic rings. The van der Waals surface area contributed by atoms with Crippen LogP contribution in [0.15, 0.2) is 24.3 Å². The SMILES string of the molecule is CCCN1CC(=O)N(c2cccc(N)c2)C1=O. The highest BCUT2D eigenvalue weighted by molar-refractivity contribution is 6.19. The summed E-state index contributed by atoms with van der Waals surface area (Å²) in [6, 6.07) is 6.53. The lowest BCUT2D eigenvalue weighted by molar-refractivity contribution is -0.116. The molecule has 90 valence electrons. The van der Waals surface area contributed by atoms with Gasteiger partial charge >= 0.3 is 6.03 Å². The van der Waals surface area contributed by atoms with Gasteiger partial charge in [0, 0.05) is 12.2 Å². The van der Waals surface area contributed by atoms with Gasteiger partial charge in [0.2, 0.25) is 0 Å². The fourth-order valence-corrected chi connectivity index (χ4v) is 1.91. The van der Waals surface area contributed by atoms with Gasteiger partial charge < -0.3 is 10.6 Å². The van der Waals surface area contributed by atoms with E-state index in [1.54, 1.807) is 29.2 Å². The molecule has 0 aromatic heterocycles. The van der Waals surface area contributed by atoms with Crippen LogP contribution in [0.5, 0.6) is 0 Å². The van der Waals surface area contributed by atoms with Crippen LogP contribution in [0.3, 0.4) is 0 Å². The number of amides is 3. The van der Waals surface area contributed by atoms with Gasteiger partial charge in [-0.05, 0) is 24.6 Å². The number of nitrogens with two attached hydrogens (primary N) is 1. The Morgan fingerprint density at radius 3 is 2.76 bits per heavy atom. The predicted molar refractivity (Wildman–Crippen MR) is 65.6 cm³/mol. The lowest BCUT2D eigenvalue weighted by Crippen LogP contribution is -2.33. The Labute approximate surface area is 99.8 Å². The van der Waals surface area contributed by atoms with Crippen molar-refractivity contribution in [2.75, 3.05) is 23.7 Å². The molecule has 1 heterocycles. The minimum absolute atomic E-state index is 0.154. The van der Waals surface area contributed by atoms with Crippen molar-refractivity contribution >= 4 is 23.3 Å². The summed E-state index contributed by atoms with van der Waals surface area (Å²) < 4.78 is 0. The van der Waals surface area contributed by atoms with E-state index in [0.717, 1.165) is 6.42 Å². The van der Waals surface area contributed by atoms with Crippen LogP contribution in [0, 0.1) is 0 Å². The molecule has 1 aliphatic rings. The molecule has 0 bridgehead atoms. The monoisotopic (exact) mass is 233 g/mol. The Morgan fingerprint density at radius 2 is 2.12 bits per heavy atom. The first kappa shape index (κ1) is 11.4. The minimum Gasteiger partial charge on any atom is -0.399 e. The highest BCUT2D eigenvalue weighted by Crippen LogP contribution is 2.23. The standard InChI is InChI=1S/C12H15N3O2/c1-2-6-14-8-11(16)15(12(14)17)10-5-3-4-9(13)7-10/h3-5,7H,2,6,8,13H2,1H3. The van der Waals surface area contributed by atoms with Gasteiger partial charge in [0.05, 0.1) is 5.69 Å². The summed E-state index contributed by atoms with van der Waals surface area (Å²) in [6.45, 7) is 2.73. The van der Waals surface area contributed by atoms with E-state index in [0.29, 0.717) is 17.9 Å². The fraction of sp³-hybridized carbons (Fsp3) is 0.333. The Balaban J connectivity index is 2.27. The Kier molecular flexibility index (Phi) is 2.99. The van der Waals surface area contributed by atoms with Gasteiger partial charge in [0.15, 0.2) is 0 Å². The molecular weight excluding hydrogens is 218 g/mol. The molecule has 1 saturated heterocycles. The van der Waals surface area contributed by atoms with Crippen molar-refractivity contribution in [2.45, 2.75) is 13.3 Å². The molecule has 1 aromatic carbocycles. The zero-order valence-electron chi connectivity index (χ0n) is 9.72. The summed E-state index contributed by atoms with van der Waals surface area (Å²) in [6.07, 6.45) is 0.837. The molecule has 5 nitrogen and oxygen atoms in total. The van der Waals surface area contributed by atoms with Crippen molar-refractivity contribution in [3.8, 4) is 0 Å². The smallest absolute Gasteiger partial charge is 0.331 e. The number of nitrogen functional groups attached to an aromatic ring is 1. The molecule has 0 unspecified atom stereocenters. The van der Waals surface area contributed by atoms with Crippen LogP contribution < -0.4 is 10.6 Å². The van der Waals surface area contributed by atoms with Crippen molar-refractivity contribution in [2.24, 2.45) is 0 Å². The van der Waals surface area contributed by atoms with Crippen molar-refractivity contribution in [3.05, 3.63) is 24.3 Å². The molecule has 0 radical (unpaired) electrons. The molecule has 0 aliphatic carbocycles. The average Bonchev–Trinajstić information content (AvgIpc) is 2.55. The summed E-state index contributed by atoms with van der Waals surface area (Å²) in [7, 11) is 0. The number of anilines is 2. The lowest BCUT2D eigenvalue weighted by atomic mass is 10.2. The second-order valence-electron chi connectivity index (χ2n) is 4.03. The number of carbonyl (C=O) groups is 2. The molecule has 2 N–H and O–H groups in total. The predicted octanol–water partition coefficient (Wildman–Crippen LogP) is 1.45. The summed E-state index contributed by atoms with van der Waals surface area (Å²) >= 11 is 0. The van der Waals surface area contributed by atoms with E-state index in [-0.39, 0.29) is 18.5 Å². The van der Waals surface area contributed by atoms with Gasteiger partial charge in [-0.25, -0.2) is 9.69 Å². The van der Waals surface area contributed by atoms with Crippen molar-refractivity contribution < 1.29 is 9.59 Å². The van der Waals surface area contributed by atoms with Gasteiger partial charge in [0.25, 0.3) is 5.91 Å². The van der Waals surface area contributed by atoms with E-state index < -0.39 is 0 Å². The van der Waals surface area contributed by atoms with Crippen LogP contribution in [0.4, 0.5) is 16.2 Å². The van der Waals surface area contributed by atoms with Crippen LogP contribution in [-0.2, 0) is 4.79 Å². The minimum atomic E-state index is -0.262. The molecule has 3 amide bonds. The molecule has 0 atom stereocenters. The fourth-order valence-electron chi connectivity index (χ4n) is 1.91. The molecule has 2 rings (SSSR count). The van der Waals surface area contributed by atoms with Crippen LogP contribution in [-0.4, -0.2) is 29.9 Å². The number of benzene rings is 1. The van der Waals surface area contributed by atoms with E-state index in [1.807, 2.05) is 6.92 Å². The van der Waals surface area contributed by atoms with Gasteiger partial charge in [0.1, 0.15) is 6.54 Å². The maximum atomic E-state index is 12.0. The topological polar surface area (TPSA) is 66.6 Å². The summed E-state index contributed by atoms with van der Waals surface area (Å²) in [5.41, 5.74) is 6.73. The molecule has 5 heteroatoms. The number of urea groups is 1. The average molecular weight is 233 g/mol. The van der Waals surface area contributed by atoms with Crippen molar-refractivity contribution in [1.82, 2.24) is 4.90 Å². The third kappa shape index (κ3) is 2.08. The van der Waals surface area contributed by atoms with Gasteiger partial charge in [-0.1, -0.05) is 13.0 Å². The second-order valence-corrected chi connectivity index (χ2v) is 4.03. The van der Waals surface area contributed by atoms with Crippen LogP contribution in [0.2, 0.25) is 0 Å². The zero-order valence-corrected chi connectivity index (χ0v) is 9.72. The molecule has 0 saturated carbocycles. The number of carbonyl (C=O) groups excluding carboxylic acids is 2. The van der Waals surface area contributed by atoms with Gasteiger partial charge in [-0.2, -0.15) is 0 Å². The highest BCUT2D eigenvalue weighted by atomic mass is 16.2. The maximum Gasteiger partial charge on any atom is 0.331 e. The number of rotatable bonds is 3. The van der Waals surface area contributed by atoms with Crippen molar-refractivity contribution in [1.29, 1.82) is 0 Å². The number of hydrogen-bond donors (Lipinski definition) is 1. The number of imide groups is 1. The number of hydrogen-bond acceptors (Lipinski definition) is 3. The first-order chi connectivity index (χ1) is 8.13. The first-order valence-corrected chi connectivity index (χ1v) is 5.61. The second kappa shape index (κ2) is 4.45. The Hall–Kier alpha value is -2.04. The number of nitrogens with zero attached hydrogens (tertiary/aromatic N) is 2. The van der Waals surface area contributed by atoms with Crippen molar-refractivity contribution in [3.63, 3.8) is 0 Å². The van der Waals surface area contributed by atoms with Gasteiger partial charge in [-0.15, -0.1) is 0 Å². The summed E-state index contributed by atoms with van der Waals surface area (Å²) in [5, 5.41) is 0. The highest BCUT2D eigenvalue weighted by Gasteiger charge is 2.36.